The molecule has 12 heteroatoms. The highest BCUT2D eigenvalue weighted by Gasteiger charge is 2.33. The standard InChI is InChI=1S/C19H14ClF4N3O4/c1-2-6-30-17-13(4-3-5-25-17)31-14-8-12(11(21)7-10(14)20)27-16(28)9-15(19(22,23)24)26-18(27)29/h3-5,7-9H,2,6H2,1H3,(H,26,29). The Labute approximate surface area is 176 Å². The van der Waals surface area contributed by atoms with Crippen molar-refractivity contribution in [2.45, 2.75) is 19.5 Å². The van der Waals surface area contributed by atoms with Crippen LogP contribution >= 0.6 is 11.6 Å². The molecule has 1 N–H and O–H groups in total. The van der Waals surface area contributed by atoms with E-state index in [1.807, 2.05) is 6.92 Å². The molecule has 0 spiro atoms. The molecule has 2 heterocycles. The maximum atomic E-state index is 14.5. The summed E-state index contributed by atoms with van der Waals surface area (Å²) in [7, 11) is 0. The van der Waals surface area contributed by atoms with Crippen LogP contribution in [0.4, 0.5) is 17.6 Å². The largest absolute Gasteiger partial charge is 0.475 e. The molecule has 2 aromatic heterocycles. The predicted octanol–water partition coefficient (Wildman–Crippen LogP) is 4.31. The van der Waals surface area contributed by atoms with Gasteiger partial charge in [0.15, 0.2) is 5.75 Å². The summed E-state index contributed by atoms with van der Waals surface area (Å²) in [6.45, 7) is 2.22. The van der Waals surface area contributed by atoms with Crippen LogP contribution in [0.1, 0.15) is 19.0 Å². The van der Waals surface area contributed by atoms with Crippen molar-refractivity contribution in [3.63, 3.8) is 0 Å². The number of alkyl halides is 3. The van der Waals surface area contributed by atoms with E-state index >= 15 is 0 Å². The fraction of sp³-hybridized carbons (Fsp3) is 0.211. The molecule has 3 aromatic rings. The van der Waals surface area contributed by atoms with Crippen LogP contribution in [0.2, 0.25) is 5.02 Å². The van der Waals surface area contributed by atoms with Crippen molar-refractivity contribution in [2.75, 3.05) is 6.61 Å². The molecule has 0 bridgehead atoms. The van der Waals surface area contributed by atoms with Gasteiger partial charge in [0.1, 0.15) is 17.3 Å². The summed E-state index contributed by atoms with van der Waals surface area (Å²) in [6.07, 6.45) is -2.81. The zero-order valence-electron chi connectivity index (χ0n) is 15.8. The van der Waals surface area contributed by atoms with Crippen LogP contribution in [0.3, 0.4) is 0 Å². The molecule has 0 atom stereocenters. The zero-order valence-corrected chi connectivity index (χ0v) is 16.6. The monoisotopic (exact) mass is 459 g/mol. The molecule has 0 fully saturated rings. The topological polar surface area (TPSA) is 86.2 Å². The fourth-order valence-corrected chi connectivity index (χ4v) is 2.71. The van der Waals surface area contributed by atoms with Gasteiger partial charge >= 0.3 is 11.9 Å². The summed E-state index contributed by atoms with van der Waals surface area (Å²) < 4.78 is 64.2. The van der Waals surface area contributed by atoms with E-state index in [0.717, 1.165) is 12.1 Å². The van der Waals surface area contributed by atoms with Crippen LogP contribution in [0.15, 0.2) is 46.1 Å². The molecular formula is C19H14ClF4N3O4. The van der Waals surface area contributed by atoms with Crippen LogP contribution in [0, 0.1) is 5.82 Å². The number of hydrogen-bond acceptors (Lipinski definition) is 5. The first-order chi connectivity index (χ1) is 14.6. The number of nitrogens with zero attached hydrogens (tertiary/aromatic N) is 2. The van der Waals surface area contributed by atoms with E-state index in [4.69, 9.17) is 21.1 Å². The molecule has 0 radical (unpaired) electrons. The van der Waals surface area contributed by atoms with Gasteiger partial charge in [0.25, 0.3) is 11.4 Å². The highest BCUT2D eigenvalue weighted by atomic mass is 35.5. The number of hydrogen-bond donors (Lipinski definition) is 1. The van der Waals surface area contributed by atoms with Crippen molar-refractivity contribution < 1.29 is 27.0 Å². The first-order valence-electron chi connectivity index (χ1n) is 8.80. The van der Waals surface area contributed by atoms with Crippen molar-refractivity contribution in [2.24, 2.45) is 0 Å². The van der Waals surface area contributed by atoms with Gasteiger partial charge in [0.2, 0.25) is 0 Å². The third-order valence-corrected chi connectivity index (χ3v) is 4.17. The minimum absolute atomic E-state index is 0.115. The molecule has 1 aromatic carbocycles. The SMILES string of the molecule is CCCOc1ncccc1Oc1cc(-n2c(=O)cc(C(F)(F)F)[nH]c2=O)c(F)cc1Cl. The second kappa shape index (κ2) is 8.80. The van der Waals surface area contributed by atoms with Crippen LogP contribution in [0.25, 0.3) is 5.69 Å². The number of pyridine rings is 1. The van der Waals surface area contributed by atoms with E-state index in [-0.39, 0.29) is 33.0 Å². The average molecular weight is 460 g/mol. The van der Waals surface area contributed by atoms with Crippen LogP contribution in [0.5, 0.6) is 17.4 Å². The molecule has 0 saturated carbocycles. The van der Waals surface area contributed by atoms with Gasteiger partial charge in [-0.05, 0) is 24.6 Å². The summed E-state index contributed by atoms with van der Waals surface area (Å²) in [5.74, 6) is -1.07. The maximum Gasteiger partial charge on any atom is 0.431 e. The first-order valence-corrected chi connectivity index (χ1v) is 9.18. The number of ether oxygens (including phenoxy) is 2. The van der Waals surface area contributed by atoms with E-state index < -0.39 is 34.6 Å². The van der Waals surface area contributed by atoms with E-state index in [1.165, 1.54) is 23.3 Å². The van der Waals surface area contributed by atoms with Crippen LogP contribution < -0.4 is 20.7 Å². The van der Waals surface area contributed by atoms with Crippen molar-refractivity contribution in [3.05, 3.63) is 73.9 Å². The Morgan fingerprint density at radius 1 is 1.19 bits per heavy atom. The van der Waals surface area contributed by atoms with Gasteiger partial charge in [-0.3, -0.25) is 4.79 Å². The number of aromatic amines is 1. The molecule has 0 amide bonds. The average Bonchev–Trinajstić information content (AvgIpc) is 2.69. The lowest BCUT2D eigenvalue weighted by molar-refractivity contribution is -0.141. The molecule has 0 unspecified atom stereocenters. The minimum Gasteiger partial charge on any atom is -0.475 e. The normalized spacial score (nSPS) is 11.4. The molecule has 7 nitrogen and oxygen atoms in total. The van der Waals surface area contributed by atoms with Gasteiger partial charge in [-0.2, -0.15) is 13.2 Å². The maximum absolute atomic E-state index is 14.5. The smallest absolute Gasteiger partial charge is 0.431 e. The number of benzene rings is 1. The summed E-state index contributed by atoms with van der Waals surface area (Å²) in [5.41, 5.74) is -5.09. The van der Waals surface area contributed by atoms with Gasteiger partial charge < -0.3 is 14.5 Å². The Bertz CT molecular complexity index is 1190. The molecule has 31 heavy (non-hydrogen) atoms. The van der Waals surface area contributed by atoms with Gasteiger partial charge in [0.05, 0.1) is 17.3 Å². The highest BCUT2D eigenvalue weighted by molar-refractivity contribution is 6.32. The number of halogens is 5. The second-order valence-corrected chi connectivity index (χ2v) is 6.56. The minimum atomic E-state index is -4.96. The van der Waals surface area contributed by atoms with Gasteiger partial charge in [-0.15, -0.1) is 0 Å². The van der Waals surface area contributed by atoms with E-state index in [9.17, 15) is 27.2 Å². The van der Waals surface area contributed by atoms with Crippen molar-refractivity contribution in [3.8, 4) is 23.1 Å². The summed E-state index contributed by atoms with van der Waals surface area (Å²) >= 11 is 6.01. The highest BCUT2D eigenvalue weighted by Crippen LogP contribution is 2.36. The number of nitrogens with one attached hydrogen (secondary N) is 1. The Hall–Kier alpha value is -3.34. The van der Waals surface area contributed by atoms with Crippen molar-refractivity contribution in [1.29, 1.82) is 0 Å². The lowest BCUT2D eigenvalue weighted by Gasteiger charge is -2.14. The molecule has 0 aliphatic carbocycles. The zero-order chi connectivity index (χ0) is 22.8. The Kier molecular flexibility index (Phi) is 6.34. The molecule has 164 valence electrons. The van der Waals surface area contributed by atoms with Gasteiger partial charge in [-0.25, -0.2) is 18.7 Å². The molecular weight excluding hydrogens is 446 g/mol. The van der Waals surface area contributed by atoms with E-state index in [1.54, 1.807) is 0 Å². The number of aromatic nitrogens is 3. The van der Waals surface area contributed by atoms with Crippen molar-refractivity contribution >= 4 is 11.6 Å². The van der Waals surface area contributed by atoms with Gasteiger partial charge in [0, 0.05) is 18.3 Å². The quantitative estimate of drug-likeness (QED) is 0.555. The number of H-pyrrole nitrogens is 1. The van der Waals surface area contributed by atoms with Crippen molar-refractivity contribution in [1.82, 2.24) is 14.5 Å². The van der Waals surface area contributed by atoms with E-state index in [2.05, 4.69) is 4.98 Å². The first kappa shape index (κ1) is 22.3. The third-order valence-electron chi connectivity index (χ3n) is 3.88. The summed E-state index contributed by atoms with van der Waals surface area (Å²) in [4.78, 5) is 29.8. The summed E-state index contributed by atoms with van der Waals surface area (Å²) in [6, 6.07) is 4.86. The van der Waals surface area contributed by atoms with Crippen LogP contribution in [-0.4, -0.2) is 21.1 Å². The third kappa shape index (κ3) is 4.88. The lowest BCUT2D eigenvalue weighted by Crippen LogP contribution is -2.36. The van der Waals surface area contributed by atoms with Crippen LogP contribution in [-0.2, 0) is 6.18 Å². The molecule has 0 saturated heterocycles. The lowest BCUT2D eigenvalue weighted by atomic mass is 10.2. The molecule has 0 aliphatic rings. The second-order valence-electron chi connectivity index (χ2n) is 6.15. The van der Waals surface area contributed by atoms with E-state index in [0.29, 0.717) is 13.0 Å². The Morgan fingerprint density at radius 2 is 1.94 bits per heavy atom. The summed E-state index contributed by atoms with van der Waals surface area (Å²) in [5, 5.41) is -0.220. The fourth-order valence-electron chi connectivity index (χ4n) is 2.52. The Balaban J connectivity index is 2.08. The predicted molar refractivity (Wildman–Crippen MR) is 103 cm³/mol. The Morgan fingerprint density at radius 3 is 2.58 bits per heavy atom. The van der Waals surface area contributed by atoms with Gasteiger partial charge in [-0.1, -0.05) is 18.5 Å². The molecule has 0 aliphatic heterocycles. The number of rotatable bonds is 6. The molecule has 3 rings (SSSR count).